The van der Waals surface area contributed by atoms with E-state index in [9.17, 15) is 23.5 Å². The van der Waals surface area contributed by atoms with Crippen LogP contribution in [0.3, 0.4) is 0 Å². The molecule has 0 aromatic heterocycles. The highest BCUT2D eigenvalue weighted by molar-refractivity contribution is 5.98. The molecule has 28 heavy (non-hydrogen) atoms. The maximum Gasteiger partial charge on any atom is 0.333 e. The fourth-order valence-electron chi connectivity index (χ4n) is 2.48. The van der Waals surface area contributed by atoms with Gasteiger partial charge in [-0.25, -0.2) is 13.6 Å². The van der Waals surface area contributed by atoms with Crippen molar-refractivity contribution < 1.29 is 33.0 Å². The van der Waals surface area contributed by atoms with Gasteiger partial charge in [-0.15, -0.1) is 0 Å². The summed E-state index contributed by atoms with van der Waals surface area (Å²) in [5.41, 5.74) is -1.38. The van der Waals surface area contributed by atoms with Gasteiger partial charge in [0.1, 0.15) is 11.6 Å². The van der Waals surface area contributed by atoms with Crippen molar-refractivity contribution in [3.63, 3.8) is 0 Å². The fraction of sp³-hybridized carbons (Fsp3) is 0.300. The first-order valence-electron chi connectivity index (χ1n) is 8.45. The highest BCUT2D eigenvalue weighted by atomic mass is 19.1. The molecule has 1 unspecified atom stereocenters. The van der Waals surface area contributed by atoms with E-state index in [2.05, 4.69) is 5.32 Å². The average Bonchev–Trinajstić information content (AvgIpc) is 2.66. The van der Waals surface area contributed by atoms with Crippen LogP contribution >= 0.6 is 0 Å². The predicted molar refractivity (Wildman–Crippen MR) is 96.8 cm³/mol. The van der Waals surface area contributed by atoms with Crippen LogP contribution < -0.4 is 5.32 Å². The molecule has 0 spiro atoms. The second kappa shape index (κ2) is 9.38. The lowest BCUT2D eigenvalue weighted by atomic mass is 9.91. The third kappa shape index (κ3) is 5.11. The molecule has 150 valence electrons. The Bertz CT molecular complexity index is 841. The number of methoxy groups -OCH3 is 1. The van der Waals surface area contributed by atoms with Crippen LogP contribution in [0.15, 0.2) is 42.5 Å². The number of carboxylic acid groups (broad SMARTS) is 1. The van der Waals surface area contributed by atoms with Gasteiger partial charge in [-0.1, -0.05) is 12.1 Å². The van der Waals surface area contributed by atoms with Gasteiger partial charge in [0, 0.05) is 18.2 Å². The lowest BCUT2D eigenvalue weighted by molar-refractivity contribution is -0.144. The van der Waals surface area contributed by atoms with Crippen LogP contribution in [-0.4, -0.2) is 37.3 Å². The Morgan fingerprint density at radius 1 is 1.11 bits per heavy atom. The zero-order chi connectivity index (χ0) is 20.7. The molecule has 0 fully saturated rings. The Kier molecular flexibility index (Phi) is 7.19. The Balaban J connectivity index is 2.21. The van der Waals surface area contributed by atoms with Crippen LogP contribution in [-0.2, 0) is 26.4 Å². The van der Waals surface area contributed by atoms with Gasteiger partial charge >= 0.3 is 5.97 Å². The first-order valence-corrected chi connectivity index (χ1v) is 8.45. The highest BCUT2D eigenvalue weighted by Crippen LogP contribution is 2.23. The van der Waals surface area contributed by atoms with Crippen molar-refractivity contribution in [3.05, 3.63) is 70.8 Å². The number of carboxylic acids is 1. The van der Waals surface area contributed by atoms with E-state index in [0.717, 1.165) is 18.2 Å². The van der Waals surface area contributed by atoms with Crippen molar-refractivity contribution in [2.75, 3.05) is 20.3 Å². The van der Waals surface area contributed by atoms with Crippen molar-refractivity contribution in [1.82, 2.24) is 5.32 Å². The summed E-state index contributed by atoms with van der Waals surface area (Å²) in [5, 5.41) is 12.0. The number of hydrogen-bond acceptors (Lipinski definition) is 4. The van der Waals surface area contributed by atoms with Gasteiger partial charge < -0.3 is 19.9 Å². The summed E-state index contributed by atoms with van der Waals surface area (Å²) in [6.07, 6.45) is 0. The van der Waals surface area contributed by atoms with E-state index in [4.69, 9.17) is 9.47 Å². The van der Waals surface area contributed by atoms with Crippen LogP contribution in [0.25, 0.3) is 0 Å². The van der Waals surface area contributed by atoms with E-state index in [-0.39, 0.29) is 29.9 Å². The van der Waals surface area contributed by atoms with Crippen LogP contribution in [0, 0.1) is 11.6 Å². The number of amides is 1. The van der Waals surface area contributed by atoms with Crippen molar-refractivity contribution in [3.8, 4) is 0 Å². The Labute approximate surface area is 161 Å². The molecule has 6 nitrogen and oxygen atoms in total. The predicted octanol–water partition coefficient (Wildman–Crippen LogP) is 2.86. The summed E-state index contributed by atoms with van der Waals surface area (Å²) < 4.78 is 37.2. The number of hydrogen-bond donors (Lipinski definition) is 2. The zero-order valence-corrected chi connectivity index (χ0v) is 15.5. The first-order chi connectivity index (χ1) is 13.3. The molecular weight excluding hydrogens is 372 g/mol. The largest absolute Gasteiger partial charge is 0.479 e. The molecule has 0 radical (unpaired) electrons. The van der Waals surface area contributed by atoms with E-state index in [1.165, 1.54) is 38.3 Å². The molecule has 0 saturated carbocycles. The average molecular weight is 393 g/mol. The standard InChI is InChI=1S/C20H21F2NO5/c1-20(19(25)26,15-4-6-16(21)7-5-15)23-18(24)13-3-8-17(22)14(11-13)12-28-10-9-27-2/h3-8,11H,9-10,12H2,1-2H3,(H,23,24)(H,25,26). The number of benzene rings is 2. The van der Waals surface area contributed by atoms with E-state index in [1.54, 1.807) is 0 Å². The number of carbonyl (C=O) groups is 2. The molecule has 2 rings (SSSR count). The molecule has 2 aromatic carbocycles. The number of ether oxygens (including phenoxy) is 2. The molecule has 0 aliphatic carbocycles. The van der Waals surface area contributed by atoms with Gasteiger partial charge in [-0.2, -0.15) is 0 Å². The Hall–Kier alpha value is -2.84. The van der Waals surface area contributed by atoms with Crippen LogP contribution in [0.4, 0.5) is 8.78 Å². The molecule has 0 saturated heterocycles. The summed E-state index contributed by atoms with van der Waals surface area (Å²) in [4.78, 5) is 24.4. The zero-order valence-electron chi connectivity index (χ0n) is 15.5. The number of halogens is 2. The van der Waals surface area contributed by atoms with Crippen LogP contribution in [0.5, 0.6) is 0 Å². The Morgan fingerprint density at radius 2 is 1.79 bits per heavy atom. The fourth-order valence-corrected chi connectivity index (χ4v) is 2.48. The molecule has 0 bridgehead atoms. The third-order valence-corrected chi connectivity index (χ3v) is 4.21. The highest BCUT2D eigenvalue weighted by Gasteiger charge is 2.37. The quantitative estimate of drug-likeness (QED) is 0.640. The number of nitrogens with one attached hydrogen (secondary N) is 1. The summed E-state index contributed by atoms with van der Waals surface area (Å²) in [6, 6.07) is 8.43. The van der Waals surface area contributed by atoms with Crippen LogP contribution in [0.1, 0.15) is 28.4 Å². The monoisotopic (exact) mass is 393 g/mol. The van der Waals surface area contributed by atoms with E-state index in [0.29, 0.717) is 6.61 Å². The molecule has 1 atom stereocenters. The van der Waals surface area contributed by atoms with Gasteiger partial charge in [0.05, 0.1) is 19.8 Å². The van der Waals surface area contributed by atoms with E-state index < -0.39 is 29.0 Å². The van der Waals surface area contributed by atoms with E-state index in [1.807, 2.05) is 0 Å². The second-order valence-electron chi connectivity index (χ2n) is 6.24. The van der Waals surface area contributed by atoms with Crippen molar-refractivity contribution in [1.29, 1.82) is 0 Å². The minimum Gasteiger partial charge on any atom is -0.479 e. The first kappa shape index (κ1) is 21.5. The Morgan fingerprint density at radius 3 is 2.39 bits per heavy atom. The third-order valence-electron chi connectivity index (χ3n) is 4.21. The lowest BCUT2D eigenvalue weighted by Gasteiger charge is -2.27. The van der Waals surface area contributed by atoms with Crippen molar-refractivity contribution >= 4 is 11.9 Å². The van der Waals surface area contributed by atoms with Crippen molar-refractivity contribution in [2.45, 2.75) is 19.1 Å². The second-order valence-corrected chi connectivity index (χ2v) is 6.24. The minimum atomic E-state index is -1.80. The topological polar surface area (TPSA) is 84.9 Å². The molecule has 2 N–H and O–H groups in total. The molecule has 0 aliphatic heterocycles. The van der Waals surface area contributed by atoms with Crippen molar-refractivity contribution in [2.24, 2.45) is 0 Å². The number of carbonyl (C=O) groups excluding carboxylic acids is 1. The molecule has 8 heteroatoms. The number of rotatable bonds is 9. The summed E-state index contributed by atoms with van der Waals surface area (Å²) in [7, 11) is 1.51. The van der Waals surface area contributed by atoms with Crippen LogP contribution in [0.2, 0.25) is 0 Å². The normalized spacial score (nSPS) is 13.0. The van der Waals surface area contributed by atoms with Gasteiger partial charge in [-0.3, -0.25) is 4.79 Å². The summed E-state index contributed by atoms with van der Waals surface area (Å²) in [5.74, 6) is -3.11. The molecule has 0 heterocycles. The maximum absolute atomic E-state index is 13.9. The van der Waals surface area contributed by atoms with Gasteiger partial charge in [0.25, 0.3) is 5.91 Å². The van der Waals surface area contributed by atoms with Gasteiger partial charge in [0.2, 0.25) is 0 Å². The number of aliphatic carboxylic acids is 1. The smallest absolute Gasteiger partial charge is 0.333 e. The SMILES string of the molecule is COCCOCc1cc(C(=O)NC(C)(C(=O)O)c2ccc(F)cc2)ccc1F. The molecular formula is C20H21F2NO5. The maximum atomic E-state index is 13.9. The molecule has 0 aliphatic rings. The minimum absolute atomic E-state index is 0.0650. The lowest BCUT2D eigenvalue weighted by Crippen LogP contribution is -2.49. The molecule has 1 amide bonds. The summed E-state index contributed by atoms with van der Waals surface area (Å²) >= 11 is 0. The summed E-state index contributed by atoms with van der Waals surface area (Å²) in [6.45, 7) is 1.83. The van der Waals surface area contributed by atoms with Gasteiger partial charge in [-0.05, 0) is 42.8 Å². The van der Waals surface area contributed by atoms with E-state index >= 15 is 0 Å². The van der Waals surface area contributed by atoms with Gasteiger partial charge in [0.15, 0.2) is 5.54 Å². The molecule has 2 aromatic rings.